The first-order valence-electron chi connectivity index (χ1n) is 9.18. The van der Waals surface area contributed by atoms with E-state index in [1.54, 1.807) is 6.08 Å². The lowest BCUT2D eigenvalue weighted by molar-refractivity contribution is 0.294. The molecule has 0 fully saturated rings. The summed E-state index contributed by atoms with van der Waals surface area (Å²) >= 11 is 1.02. The van der Waals surface area contributed by atoms with E-state index in [1.807, 2.05) is 0 Å². The van der Waals surface area contributed by atoms with Crippen LogP contribution in [-0.4, -0.2) is 40.3 Å². The highest BCUT2D eigenvalue weighted by Crippen LogP contribution is 2.27. The van der Waals surface area contributed by atoms with Crippen LogP contribution in [0.2, 0.25) is 0 Å². The number of aromatic nitrogens is 2. The maximum Gasteiger partial charge on any atom is 0.253 e. The van der Waals surface area contributed by atoms with Crippen LogP contribution < -0.4 is 4.74 Å². The summed E-state index contributed by atoms with van der Waals surface area (Å²) in [5.74, 6) is 0.413. The number of hydrogen-bond donors (Lipinski definition) is 0. The Morgan fingerprint density at radius 1 is 1.47 bits per heavy atom. The third-order valence-corrected chi connectivity index (χ3v) is 3.47. The largest absolute Gasteiger partial charge is 0.475 e. The van der Waals surface area contributed by atoms with E-state index in [2.05, 4.69) is 15.7 Å². The lowest BCUT2D eigenvalue weighted by Crippen LogP contribution is -2.25. The number of hydrogen-bond acceptors (Lipinski definition) is 5. The Kier molecular flexibility index (Phi) is 3.63. The van der Waals surface area contributed by atoms with Crippen LogP contribution >= 0.6 is 11.7 Å². The molecule has 2 heterocycles. The second kappa shape index (κ2) is 7.60. The summed E-state index contributed by atoms with van der Waals surface area (Å²) in [7, 11) is 0. The molecule has 106 valence electrons. The Bertz CT molecular complexity index is 573. The summed E-state index contributed by atoms with van der Waals surface area (Å²) in [5, 5.41) is 0. The van der Waals surface area contributed by atoms with Crippen molar-refractivity contribution in [2.75, 3.05) is 26.6 Å². The summed E-state index contributed by atoms with van der Waals surface area (Å²) in [6, 6.07) is 0. The van der Waals surface area contributed by atoms with Crippen molar-refractivity contribution in [3.63, 3.8) is 0 Å². The molecule has 0 radical (unpaired) electrons. The first-order chi connectivity index (χ1) is 11.3. The Labute approximate surface area is 126 Å². The third-order valence-electron chi connectivity index (χ3n) is 2.96. The van der Waals surface area contributed by atoms with Crippen molar-refractivity contribution in [2.24, 2.45) is 0 Å². The van der Waals surface area contributed by atoms with Crippen LogP contribution in [-0.2, 0) is 0 Å². The average Bonchev–Trinajstić information content (AvgIpc) is 2.94. The Balaban J connectivity index is 2.07. The van der Waals surface area contributed by atoms with Crippen molar-refractivity contribution in [2.45, 2.75) is 39.0 Å². The molecule has 1 aromatic heterocycles. The molecule has 0 aliphatic carbocycles. The van der Waals surface area contributed by atoms with Gasteiger partial charge in [0.1, 0.15) is 5.69 Å². The van der Waals surface area contributed by atoms with Crippen molar-refractivity contribution in [1.82, 2.24) is 13.6 Å². The molecule has 0 aromatic carbocycles. The zero-order valence-corrected chi connectivity index (χ0v) is 12.0. The van der Waals surface area contributed by atoms with Crippen molar-refractivity contribution < 1.29 is 11.6 Å². The monoisotopic (exact) mass is 286 g/mol. The van der Waals surface area contributed by atoms with Gasteiger partial charge in [-0.15, -0.1) is 4.37 Å². The van der Waals surface area contributed by atoms with E-state index in [-0.39, 0.29) is 13.0 Å². The van der Waals surface area contributed by atoms with Gasteiger partial charge in [-0.25, -0.2) is 0 Å². The van der Waals surface area contributed by atoms with Crippen LogP contribution in [0.1, 0.15) is 51.6 Å². The maximum absolute atomic E-state index is 7.91. The predicted octanol–water partition coefficient (Wildman–Crippen LogP) is 3.22. The Morgan fingerprint density at radius 3 is 3.26 bits per heavy atom. The summed E-state index contributed by atoms with van der Waals surface area (Å²) in [5.41, 5.74) is 1.18. The Morgan fingerprint density at radius 2 is 2.42 bits per heavy atom. The van der Waals surface area contributed by atoms with Crippen LogP contribution in [0.5, 0.6) is 5.88 Å². The normalized spacial score (nSPS) is 23.6. The molecule has 1 aliphatic rings. The minimum atomic E-state index is -2.51. The summed E-state index contributed by atoms with van der Waals surface area (Å²) in [4.78, 5) is 0.889. The zero-order valence-electron chi connectivity index (χ0n) is 16.2. The van der Waals surface area contributed by atoms with Gasteiger partial charge in [0.25, 0.3) is 5.88 Å². The highest BCUT2D eigenvalue weighted by Gasteiger charge is 2.18. The van der Waals surface area contributed by atoms with Gasteiger partial charge in [0, 0.05) is 19.9 Å². The van der Waals surface area contributed by atoms with Crippen LogP contribution in [0.25, 0.3) is 5.57 Å². The smallest absolute Gasteiger partial charge is 0.253 e. The molecular weight excluding hydrogens is 258 g/mol. The lowest BCUT2D eigenvalue weighted by atomic mass is 10.1. The van der Waals surface area contributed by atoms with Gasteiger partial charge in [-0.05, 0) is 25.4 Å². The summed E-state index contributed by atoms with van der Waals surface area (Å²) in [6.07, 6.45) is 6.05. The number of likely N-dealkylation sites (N-methyl/N-ethyl adjacent to an activating group) is 1. The van der Waals surface area contributed by atoms with Crippen LogP contribution in [0.3, 0.4) is 0 Å². The van der Waals surface area contributed by atoms with Crippen molar-refractivity contribution in [3.05, 3.63) is 11.8 Å². The zero-order chi connectivity index (χ0) is 17.8. The van der Waals surface area contributed by atoms with Gasteiger partial charge in [0.2, 0.25) is 0 Å². The molecule has 19 heavy (non-hydrogen) atoms. The van der Waals surface area contributed by atoms with E-state index in [1.165, 1.54) is 6.42 Å². The summed E-state index contributed by atoms with van der Waals surface area (Å²) < 4.78 is 52.5. The van der Waals surface area contributed by atoms with E-state index in [9.17, 15) is 0 Å². The number of nitrogens with zero attached hydrogens (tertiary/aromatic N) is 3. The van der Waals surface area contributed by atoms with E-state index in [0.29, 0.717) is 23.8 Å². The van der Waals surface area contributed by atoms with Crippen molar-refractivity contribution in [3.8, 4) is 5.88 Å². The van der Waals surface area contributed by atoms with Crippen LogP contribution in [0.4, 0.5) is 0 Å². The molecular formula is C14H23N3OS. The fourth-order valence-corrected chi connectivity index (χ4v) is 2.44. The molecule has 0 unspecified atom stereocenters. The molecule has 2 rings (SSSR count). The molecule has 5 heteroatoms. The SMILES string of the molecule is [2H]C([2H])([2H])N1CC(c2nsnc2OCCCCCC)=CCC1([2H])[2H]. The first-order valence-corrected chi connectivity index (χ1v) is 7.41. The average molecular weight is 286 g/mol. The fraction of sp³-hybridized carbons (Fsp3) is 0.714. The number of ether oxygens (including phenoxy) is 1. The van der Waals surface area contributed by atoms with Gasteiger partial charge in [0.15, 0.2) is 0 Å². The molecule has 1 aliphatic heterocycles. The molecule has 0 amide bonds. The van der Waals surface area contributed by atoms with E-state index in [0.717, 1.165) is 35.9 Å². The first kappa shape index (κ1) is 9.08. The highest BCUT2D eigenvalue weighted by molar-refractivity contribution is 6.99. The van der Waals surface area contributed by atoms with E-state index < -0.39 is 13.5 Å². The predicted molar refractivity (Wildman–Crippen MR) is 79.6 cm³/mol. The molecule has 0 atom stereocenters. The van der Waals surface area contributed by atoms with Gasteiger partial charge in [-0.2, -0.15) is 4.37 Å². The molecule has 0 saturated heterocycles. The standard InChI is InChI=1S/C14H23N3OS/c1-3-4-5-6-10-18-14-13(15-19-16-14)12-8-7-9-17(2)11-12/h8H,3-7,9-11H2,1-2H3/i2D3,9D2. The van der Waals surface area contributed by atoms with E-state index in [4.69, 9.17) is 11.6 Å². The van der Waals surface area contributed by atoms with Crippen LogP contribution in [0, 0.1) is 0 Å². The highest BCUT2D eigenvalue weighted by atomic mass is 32.1. The lowest BCUT2D eigenvalue weighted by Gasteiger charge is -2.22. The van der Waals surface area contributed by atoms with Gasteiger partial charge in [0.05, 0.1) is 18.3 Å². The molecule has 1 aromatic rings. The third kappa shape index (κ3) is 4.28. The van der Waals surface area contributed by atoms with Gasteiger partial charge in [-0.3, -0.25) is 0 Å². The topological polar surface area (TPSA) is 38.2 Å². The molecule has 0 spiro atoms. The fourth-order valence-electron chi connectivity index (χ4n) is 1.91. The number of rotatable bonds is 7. The van der Waals surface area contributed by atoms with Crippen LogP contribution in [0.15, 0.2) is 6.08 Å². The van der Waals surface area contributed by atoms with E-state index >= 15 is 0 Å². The number of unbranched alkanes of at least 4 members (excludes halogenated alkanes) is 3. The molecule has 4 nitrogen and oxygen atoms in total. The van der Waals surface area contributed by atoms with Gasteiger partial charge >= 0.3 is 0 Å². The summed E-state index contributed by atoms with van der Waals surface area (Å²) in [6.45, 7) is -1.75. The molecule has 0 bridgehead atoms. The van der Waals surface area contributed by atoms with Crippen molar-refractivity contribution >= 4 is 17.3 Å². The minimum Gasteiger partial charge on any atom is -0.475 e. The minimum absolute atomic E-state index is 0.00576. The molecule has 0 saturated carbocycles. The second-order valence-corrected chi connectivity index (χ2v) is 5.03. The molecule has 0 N–H and O–H groups in total. The van der Waals surface area contributed by atoms with Crippen molar-refractivity contribution in [1.29, 1.82) is 0 Å². The maximum atomic E-state index is 7.91. The Hall–Kier alpha value is -0.940. The second-order valence-electron chi connectivity index (χ2n) is 4.50. The quantitative estimate of drug-likeness (QED) is 0.721. The van der Waals surface area contributed by atoms with Gasteiger partial charge < -0.3 is 9.64 Å². The van der Waals surface area contributed by atoms with Gasteiger partial charge in [-0.1, -0.05) is 32.3 Å².